The molecule has 0 bridgehead atoms. The van der Waals surface area contributed by atoms with Crippen LogP contribution in [-0.4, -0.2) is 30.6 Å². The van der Waals surface area contributed by atoms with Crippen molar-refractivity contribution in [3.05, 3.63) is 78.0 Å². The Morgan fingerprint density at radius 3 is 2.37 bits per heavy atom. The van der Waals surface area contributed by atoms with Crippen molar-refractivity contribution in [2.75, 3.05) is 19.5 Å². The highest BCUT2D eigenvalue weighted by molar-refractivity contribution is 6.10. The summed E-state index contributed by atoms with van der Waals surface area (Å²) in [6.07, 6.45) is 1.38. The molecule has 1 aromatic heterocycles. The Hall–Kier alpha value is -4.46. The van der Waals surface area contributed by atoms with E-state index in [0.717, 1.165) is 22.8 Å². The number of aryl methyl sites for hydroxylation is 1. The molecule has 8 nitrogen and oxygen atoms in total. The van der Waals surface area contributed by atoms with Gasteiger partial charge in [-0.2, -0.15) is 0 Å². The molecule has 0 saturated heterocycles. The van der Waals surface area contributed by atoms with E-state index in [0.29, 0.717) is 28.4 Å². The lowest BCUT2D eigenvalue weighted by Gasteiger charge is -2.11. The van der Waals surface area contributed by atoms with Crippen LogP contribution >= 0.6 is 0 Å². The first-order chi connectivity index (χ1) is 16.9. The van der Waals surface area contributed by atoms with E-state index in [2.05, 4.69) is 39.8 Å². The van der Waals surface area contributed by atoms with Crippen molar-refractivity contribution in [2.45, 2.75) is 20.4 Å². The Morgan fingerprint density at radius 2 is 1.63 bits per heavy atom. The number of allylic oxidation sites excluding steroid dienone is 1. The molecule has 0 aliphatic carbocycles. The van der Waals surface area contributed by atoms with Crippen LogP contribution in [0.4, 0.5) is 5.69 Å². The van der Waals surface area contributed by atoms with Crippen LogP contribution in [-0.2, 0) is 11.3 Å². The molecule has 2 amide bonds. The summed E-state index contributed by atoms with van der Waals surface area (Å²) in [5.41, 5.74) is 9.16. The van der Waals surface area contributed by atoms with E-state index >= 15 is 0 Å². The number of amides is 2. The molecule has 0 radical (unpaired) electrons. The number of nitrogens with zero attached hydrogens (tertiary/aromatic N) is 1. The van der Waals surface area contributed by atoms with E-state index in [9.17, 15) is 9.59 Å². The third-order valence-electron chi connectivity index (χ3n) is 5.72. The number of fused-ring (bicyclic) bond motifs is 3. The number of anilines is 1. The van der Waals surface area contributed by atoms with Gasteiger partial charge in [0, 0.05) is 51.4 Å². The lowest BCUT2D eigenvalue weighted by Crippen LogP contribution is -2.36. The van der Waals surface area contributed by atoms with E-state index in [1.165, 1.54) is 25.8 Å². The van der Waals surface area contributed by atoms with E-state index < -0.39 is 0 Å². The number of hydrogen-bond acceptors (Lipinski definition) is 5. The molecule has 3 N–H and O–H groups in total. The molecule has 3 aromatic carbocycles. The fourth-order valence-corrected chi connectivity index (χ4v) is 4.09. The SMILES string of the molecule is CCn1c2ccccc2c2cc(NC(=O)C=C(C)NNC(=O)c3ccc(OC)c(OC)c3)ccc21. The Balaban J connectivity index is 1.43. The molecule has 0 atom stereocenters. The van der Waals surface area contributed by atoms with Gasteiger partial charge in [0.15, 0.2) is 11.5 Å². The molecular weight excluding hydrogens is 444 g/mol. The molecular formula is C27H28N4O4. The van der Waals surface area contributed by atoms with Crippen LogP contribution < -0.4 is 25.6 Å². The summed E-state index contributed by atoms with van der Waals surface area (Å²) in [6, 6.07) is 19.0. The number of carbonyl (C=O) groups excluding carboxylic acids is 2. The molecule has 8 heteroatoms. The topological polar surface area (TPSA) is 93.6 Å². The number of methoxy groups -OCH3 is 2. The van der Waals surface area contributed by atoms with Crippen molar-refractivity contribution in [3.8, 4) is 11.5 Å². The van der Waals surface area contributed by atoms with Crippen molar-refractivity contribution < 1.29 is 19.1 Å². The summed E-state index contributed by atoms with van der Waals surface area (Å²) < 4.78 is 12.7. The van der Waals surface area contributed by atoms with Crippen molar-refractivity contribution >= 4 is 39.3 Å². The third-order valence-corrected chi connectivity index (χ3v) is 5.72. The van der Waals surface area contributed by atoms with Gasteiger partial charge in [0.25, 0.3) is 5.91 Å². The molecule has 0 unspecified atom stereocenters. The Kier molecular flexibility index (Phi) is 6.91. The van der Waals surface area contributed by atoms with Gasteiger partial charge in [-0.05, 0) is 56.3 Å². The first kappa shape index (κ1) is 23.7. The van der Waals surface area contributed by atoms with Crippen LogP contribution in [0.3, 0.4) is 0 Å². The number of hydrogen-bond donors (Lipinski definition) is 3. The van der Waals surface area contributed by atoms with Gasteiger partial charge in [0.2, 0.25) is 5.91 Å². The van der Waals surface area contributed by atoms with Gasteiger partial charge >= 0.3 is 0 Å². The van der Waals surface area contributed by atoms with E-state index in [4.69, 9.17) is 9.47 Å². The minimum absolute atomic E-state index is 0.311. The van der Waals surface area contributed by atoms with E-state index in [1.807, 2.05) is 30.3 Å². The van der Waals surface area contributed by atoms with Crippen LogP contribution in [0.1, 0.15) is 24.2 Å². The van der Waals surface area contributed by atoms with Gasteiger partial charge in [-0.3, -0.25) is 15.0 Å². The minimum Gasteiger partial charge on any atom is -0.493 e. The normalized spacial score (nSPS) is 11.4. The number of benzene rings is 3. The molecule has 0 aliphatic rings. The van der Waals surface area contributed by atoms with Gasteiger partial charge < -0.3 is 24.8 Å². The second-order valence-corrected chi connectivity index (χ2v) is 7.96. The highest BCUT2D eigenvalue weighted by Crippen LogP contribution is 2.31. The lowest BCUT2D eigenvalue weighted by atomic mass is 10.1. The Labute approximate surface area is 203 Å². The second-order valence-electron chi connectivity index (χ2n) is 7.96. The summed E-state index contributed by atoms with van der Waals surface area (Å²) in [6.45, 7) is 4.66. The highest BCUT2D eigenvalue weighted by Gasteiger charge is 2.12. The van der Waals surface area contributed by atoms with Gasteiger partial charge in [-0.15, -0.1) is 0 Å². The summed E-state index contributed by atoms with van der Waals surface area (Å²) in [5.74, 6) is 0.291. The quantitative estimate of drug-likeness (QED) is 0.257. The summed E-state index contributed by atoms with van der Waals surface area (Å²) >= 11 is 0. The zero-order chi connectivity index (χ0) is 24.9. The molecule has 0 fully saturated rings. The van der Waals surface area contributed by atoms with Crippen LogP contribution in [0, 0.1) is 0 Å². The molecule has 4 rings (SSSR count). The highest BCUT2D eigenvalue weighted by atomic mass is 16.5. The number of aromatic nitrogens is 1. The second kappa shape index (κ2) is 10.2. The number of nitrogens with one attached hydrogen (secondary N) is 3. The number of hydrazine groups is 1. The molecule has 0 aliphatic heterocycles. The van der Waals surface area contributed by atoms with Crippen LogP contribution in [0.5, 0.6) is 11.5 Å². The average molecular weight is 473 g/mol. The number of rotatable bonds is 8. The zero-order valence-electron chi connectivity index (χ0n) is 20.1. The van der Waals surface area contributed by atoms with Gasteiger partial charge in [-0.1, -0.05) is 18.2 Å². The van der Waals surface area contributed by atoms with Crippen LogP contribution in [0.25, 0.3) is 21.8 Å². The minimum atomic E-state index is -0.378. The Morgan fingerprint density at radius 1 is 0.886 bits per heavy atom. The predicted octanol–water partition coefficient (Wildman–Crippen LogP) is 4.61. The first-order valence-corrected chi connectivity index (χ1v) is 11.2. The Bertz CT molecular complexity index is 1440. The van der Waals surface area contributed by atoms with Crippen LogP contribution in [0.2, 0.25) is 0 Å². The van der Waals surface area contributed by atoms with Crippen molar-refractivity contribution in [2.24, 2.45) is 0 Å². The predicted molar refractivity (Wildman–Crippen MR) is 138 cm³/mol. The molecule has 0 saturated carbocycles. The summed E-state index contributed by atoms with van der Waals surface area (Å²) in [5, 5.41) is 5.13. The van der Waals surface area contributed by atoms with Crippen LogP contribution in [0.15, 0.2) is 72.4 Å². The molecule has 0 spiro atoms. The molecule has 1 heterocycles. The summed E-state index contributed by atoms with van der Waals surface area (Å²) in [7, 11) is 3.03. The first-order valence-electron chi connectivity index (χ1n) is 11.2. The van der Waals surface area contributed by atoms with Gasteiger partial charge in [-0.25, -0.2) is 0 Å². The van der Waals surface area contributed by atoms with Crippen molar-refractivity contribution in [3.63, 3.8) is 0 Å². The maximum atomic E-state index is 12.6. The molecule has 4 aromatic rings. The number of carbonyl (C=O) groups is 2. The number of ether oxygens (including phenoxy) is 2. The number of para-hydroxylation sites is 1. The van der Waals surface area contributed by atoms with E-state index in [-0.39, 0.29) is 11.8 Å². The smallest absolute Gasteiger partial charge is 0.269 e. The van der Waals surface area contributed by atoms with Crippen molar-refractivity contribution in [1.82, 2.24) is 15.4 Å². The maximum Gasteiger partial charge on any atom is 0.269 e. The lowest BCUT2D eigenvalue weighted by molar-refractivity contribution is -0.112. The molecule has 180 valence electrons. The monoisotopic (exact) mass is 472 g/mol. The fourth-order valence-electron chi connectivity index (χ4n) is 4.09. The maximum absolute atomic E-state index is 12.6. The zero-order valence-corrected chi connectivity index (χ0v) is 20.1. The third kappa shape index (κ3) is 4.91. The fraction of sp³-hybridized carbons (Fsp3) is 0.185. The standard InChI is InChI=1S/C27H28N4O4/c1-5-31-22-9-7-6-8-20(22)21-16-19(11-12-23(21)31)28-26(32)14-17(2)29-30-27(33)18-10-13-24(34-3)25(15-18)35-4/h6-16,29H,5H2,1-4H3,(H,28,32)(H,30,33). The van der Waals surface area contributed by atoms with Gasteiger partial charge in [0.1, 0.15) is 0 Å². The van der Waals surface area contributed by atoms with Gasteiger partial charge in [0.05, 0.1) is 14.2 Å². The largest absolute Gasteiger partial charge is 0.493 e. The van der Waals surface area contributed by atoms with E-state index in [1.54, 1.807) is 25.1 Å². The average Bonchev–Trinajstić information content (AvgIpc) is 3.19. The molecule has 35 heavy (non-hydrogen) atoms. The van der Waals surface area contributed by atoms with Crippen molar-refractivity contribution in [1.29, 1.82) is 0 Å². The summed E-state index contributed by atoms with van der Waals surface area (Å²) in [4.78, 5) is 25.0.